The summed E-state index contributed by atoms with van der Waals surface area (Å²) in [4.78, 5) is 2.47. The van der Waals surface area contributed by atoms with E-state index in [0.29, 0.717) is 0 Å². The SMILES string of the molecule is c1ccc(C2(c3ccccc3)c3ccccc3-c3ccc(N(c4cccc(-c5cccc(-c6ccc7c(c6)c6ccccc6n7-c6ccc7ccccc7c6)c5)c4)c4cccc5ccccc45)cc32)cc1. The maximum absolute atomic E-state index is 2.47. The summed E-state index contributed by atoms with van der Waals surface area (Å²) in [5.74, 6) is 0. The van der Waals surface area contributed by atoms with Gasteiger partial charge in [0.1, 0.15) is 0 Å². The largest absolute Gasteiger partial charge is 0.310 e. The topological polar surface area (TPSA) is 8.17 Å². The third kappa shape index (κ3) is 6.49. The van der Waals surface area contributed by atoms with Crippen molar-refractivity contribution in [2.45, 2.75) is 5.41 Å². The second-order valence-electron chi connectivity index (χ2n) is 18.8. The van der Waals surface area contributed by atoms with Gasteiger partial charge in [0.25, 0.3) is 0 Å². The van der Waals surface area contributed by atoms with Crippen LogP contribution < -0.4 is 4.90 Å². The molecule has 0 saturated carbocycles. The third-order valence-corrected chi connectivity index (χ3v) is 15.0. The van der Waals surface area contributed by atoms with Crippen LogP contribution in [0.3, 0.4) is 0 Å². The Hall–Kier alpha value is -9.24. The van der Waals surface area contributed by atoms with Crippen LogP contribution in [0, 0.1) is 0 Å². The van der Waals surface area contributed by atoms with E-state index in [2.05, 4.69) is 289 Å². The monoisotopic (exact) mass is 902 g/mol. The molecule has 0 saturated heterocycles. The molecule has 0 bridgehead atoms. The minimum Gasteiger partial charge on any atom is -0.310 e. The third-order valence-electron chi connectivity index (χ3n) is 15.0. The molecule has 0 unspecified atom stereocenters. The molecule has 1 aliphatic rings. The van der Waals surface area contributed by atoms with Crippen LogP contribution in [0.1, 0.15) is 22.3 Å². The zero-order valence-electron chi connectivity index (χ0n) is 39.0. The molecule has 0 fully saturated rings. The zero-order chi connectivity index (χ0) is 46.9. The van der Waals surface area contributed by atoms with E-state index >= 15 is 0 Å². The van der Waals surface area contributed by atoms with Crippen LogP contribution in [0.4, 0.5) is 17.1 Å². The summed E-state index contributed by atoms with van der Waals surface area (Å²) in [6.07, 6.45) is 0. The molecular weight excluding hydrogens is 857 g/mol. The van der Waals surface area contributed by atoms with Crippen molar-refractivity contribution >= 4 is 60.4 Å². The van der Waals surface area contributed by atoms with Crippen molar-refractivity contribution < 1.29 is 0 Å². The van der Waals surface area contributed by atoms with E-state index in [0.717, 1.165) is 28.2 Å². The molecule has 2 heteroatoms. The molecule has 1 aromatic heterocycles. The second kappa shape index (κ2) is 16.5. The lowest BCUT2D eigenvalue weighted by atomic mass is 9.67. The summed E-state index contributed by atoms with van der Waals surface area (Å²) in [6, 6.07) is 103. The van der Waals surface area contributed by atoms with Crippen molar-refractivity contribution in [1.82, 2.24) is 4.57 Å². The zero-order valence-corrected chi connectivity index (χ0v) is 39.0. The molecule has 13 aromatic rings. The van der Waals surface area contributed by atoms with Crippen LogP contribution in [0.25, 0.3) is 82.4 Å². The lowest BCUT2D eigenvalue weighted by Gasteiger charge is -2.35. The first-order valence-electron chi connectivity index (χ1n) is 24.6. The molecule has 0 aliphatic heterocycles. The number of anilines is 3. The lowest BCUT2D eigenvalue weighted by Crippen LogP contribution is -2.28. The van der Waals surface area contributed by atoms with Gasteiger partial charge in [-0.25, -0.2) is 0 Å². The fraction of sp³-hybridized carbons (Fsp3) is 0.0145. The molecule has 0 radical (unpaired) electrons. The molecule has 0 atom stereocenters. The molecule has 332 valence electrons. The minimum atomic E-state index is -0.522. The van der Waals surface area contributed by atoms with Crippen LogP contribution in [0.2, 0.25) is 0 Å². The Morgan fingerprint density at radius 3 is 1.68 bits per heavy atom. The van der Waals surface area contributed by atoms with Gasteiger partial charge in [-0.2, -0.15) is 0 Å². The van der Waals surface area contributed by atoms with Crippen molar-refractivity contribution in [3.05, 3.63) is 301 Å². The molecule has 14 rings (SSSR count). The van der Waals surface area contributed by atoms with E-state index in [1.165, 1.54) is 93.5 Å². The number of para-hydroxylation sites is 1. The Morgan fingerprint density at radius 1 is 0.296 bits per heavy atom. The van der Waals surface area contributed by atoms with Crippen molar-refractivity contribution in [3.8, 4) is 39.1 Å². The van der Waals surface area contributed by atoms with Crippen molar-refractivity contribution in [2.75, 3.05) is 4.90 Å². The number of hydrogen-bond donors (Lipinski definition) is 0. The normalized spacial score (nSPS) is 12.6. The molecule has 0 amide bonds. The molecule has 1 heterocycles. The fourth-order valence-electron chi connectivity index (χ4n) is 11.9. The van der Waals surface area contributed by atoms with Gasteiger partial charge in [-0.1, -0.05) is 212 Å². The first kappa shape index (κ1) is 40.8. The van der Waals surface area contributed by atoms with E-state index in [9.17, 15) is 0 Å². The Balaban J connectivity index is 0.912. The summed E-state index contributed by atoms with van der Waals surface area (Å²) in [5, 5.41) is 7.36. The van der Waals surface area contributed by atoms with E-state index < -0.39 is 5.41 Å². The van der Waals surface area contributed by atoms with Crippen molar-refractivity contribution in [2.24, 2.45) is 0 Å². The second-order valence-corrected chi connectivity index (χ2v) is 18.8. The molecule has 71 heavy (non-hydrogen) atoms. The van der Waals surface area contributed by atoms with Crippen LogP contribution in [0.5, 0.6) is 0 Å². The van der Waals surface area contributed by atoms with Crippen LogP contribution in [-0.4, -0.2) is 4.57 Å². The van der Waals surface area contributed by atoms with Crippen molar-refractivity contribution in [3.63, 3.8) is 0 Å². The molecule has 12 aromatic carbocycles. The number of rotatable bonds is 8. The Kier molecular flexibility index (Phi) is 9.47. The van der Waals surface area contributed by atoms with Gasteiger partial charge >= 0.3 is 0 Å². The van der Waals surface area contributed by atoms with Gasteiger partial charge in [0.15, 0.2) is 0 Å². The minimum absolute atomic E-state index is 0.522. The predicted octanol–water partition coefficient (Wildman–Crippen LogP) is 18.3. The van der Waals surface area contributed by atoms with Crippen LogP contribution in [0.15, 0.2) is 279 Å². The molecule has 2 nitrogen and oxygen atoms in total. The maximum atomic E-state index is 2.47. The van der Waals surface area contributed by atoms with Gasteiger partial charge in [-0.3, -0.25) is 0 Å². The van der Waals surface area contributed by atoms with Gasteiger partial charge in [-0.05, 0) is 139 Å². The number of nitrogens with zero attached hydrogens (tertiary/aromatic N) is 2. The summed E-state index contributed by atoms with van der Waals surface area (Å²) in [5.41, 5.74) is 18.7. The lowest BCUT2D eigenvalue weighted by molar-refractivity contribution is 0.768. The van der Waals surface area contributed by atoms with E-state index in [4.69, 9.17) is 0 Å². The number of fused-ring (bicyclic) bond motifs is 8. The van der Waals surface area contributed by atoms with Crippen molar-refractivity contribution in [1.29, 1.82) is 0 Å². The van der Waals surface area contributed by atoms with Gasteiger partial charge < -0.3 is 9.47 Å². The first-order chi connectivity index (χ1) is 35.2. The fourth-order valence-corrected chi connectivity index (χ4v) is 11.9. The van der Waals surface area contributed by atoms with E-state index in [-0.39, 0.29) is 0 Å². The number of hydrogen-bond acceptors (Lipinski definition) is 1. The van der Waals surface area contributed by atoms with Gasteiger partial charge in [0.05, 0.1) is 22.1 Å². The quantitative estimate of drug-likeness (QED) is 0.147. The Morgan fingerprint density at radius 2 is 0.873 bits per heavy atom. The number of aromatic nitrogens is 1. The van der Waals surface area contributed by atoms with Gasteiger partial charge in [-0.15, -0.1) is 0 Å². The summed E-state index contributed by atoms with van der Waals surface area (Å²) < 4.78 is 2.41. The molecule has 0 spiro atoms. The summed E-state index contributed by atoms with van der Waals surface area (Å²) in [7, 11) is 0. The molecule has 0 N–H and O–H groups in total. The van der Waals surface area contributed by atoms with Gasteiger partial charge in [0, 0.05) is 33.2 Å². The highest BCUT2D eigenvalue weighted by molar-refractivity contribution is 6.11. The van der Waals surface area contributed by atoms with Gasteiger partial charge in [0.2, 0.25) is 0 Å². The van der Waals surface area contributed by atoms with Crippen LogP contribution in [-0.2, 0) is 5.41 Å². The summed E-state index contributed by atoms with van der Waals surface area (Å²) in [6.45, 7) is 0. The Bertz CT molecular complexity index is 4140. The summed E-state index contributed by atoms with van der Waals surface area (Å²) >= 11 is 0. The van der Waals surface area contributed by atoms with Crippen LogP contribution >= 0.6 is 0 Å². The average molecular weight is 903 g/mol. The first-order valence-corrected chi connectivity index (χ1v) is 24.6. The smallest absolute Gasteiger partial charge is 0.0714 e. The Labute approximate surface area is 413 Å². The highest BCUT2D eigenvalue weighted by Crippen LogP contribution is 2.57. The average Bonchev–Trinajstić information content (AvgIpc) is 3.94. The highest BCUT2D eigenvalue weighted by atomic mass is 15.1. The molecule has 1 aliphatic carbocycles. The maximum Gasteiger partial charge on any atom is 0.0714 e. The predicted molar refractivity (Wildman–Crippen MR) is 299 cm³/mol. The van der Waals surface area contributed by atoms with E-state index in [1.54, 1.807) is 0 Å². The number of benzene rings is 12. The highest BCUT2D eigenvalue weighted by Gasteiger charge is 2.46. The standard InChI is InChI=1S/C69H46N2/c1-3-25-54(26-4-1)69(55-27-5-2-6-28-55)64-33-13-11-31-60(64)61-40-39-58(46-65(61)69)70(66-35-17-21-48-19-9-10-30-59(48)66)56-29-16-24-52(44-56)49-22-15-23-50(42-49)53-37-41-68-63(45-53)62-32-12-14-34-67(62)71(68)57-38-36-47-18-7-8-20-51(47)43-57/h1-46H. The molecular formula is C69H46N2. The van der Waals surface area contributed by atoms with E-state index in [1.807, 2.05) is 0 Å².